The maximum absolute atomic E-state index is 13.1. The number of fused-ring (bicyclic) bond motifs is 1. The highest BCUT2D eigenvalue weighted by Crippen LogP contribution is 2.27. The lowest BCUT2D eigenvalue weighted by Crippen LogP contribution is -2.34. The summed E-state index contributed by atoms with van der Waals surface area (Å²) in [5, 5.41) is 1.41. The number of hydrogen-bond donors (Lipinski definition) is 2. The van der Waals surface area contributed by atoms with E-state index in [1.807, 2.05) is 61.5 Å². The van der Waals surface area contributed by atoms with E-state index in [1.54, 1.807) is 0 Å². The van der Waals surface area contributed by atoms with E-state index in [0.717, 1.165) is 23.2 Å². The average Bonchev–Trinajstić information content (AvgIpc) is 2.83. The van der Waals surface area contributed by atoms with Gasteiger partial charge in [0, 0.05) is 29.8 Å². The van der Waals surface area contributed by atoms with Crippen LogP contribution in [0.1, 0.15) is 30.9 Å². The van der Waals surface area contributed by atoms with Crippen LogP contribution in [0.15, 0.2) is 59.1 Å². The molecule has 6 nitrogen and oxygen atoms in total. The maximum Gasteiger partial charge on any atom is 0.273 e. The van der Waals surface area contributed by atoms with Crippen LogP contribution < -0.4 is 11.5 Å². The fourth-order valence-corrected chi connectivity index (χ4v) is 2.83. The minimum Gasteiger partial charge on any atom is -0.399 e. The van der Waals surface area contributed by atoms with Gasteiger partial charge >= 0.3 is 0 Å². The van der Waals surface area contributed by atoms with Crippen molar-refractivity contribution in [1.82, 2.24) is 5.06 Å². The Morgan fingerprint density at radius 2 is 1.89 bits per heavy atom. The normalized spacial score (nSPS) is 13.2. The number of carbonyl (C=O) groups is 1. The average molecular weight is 364 g/mol. The highest BCUT2D eigenvalue weighted by Gasteiger charge is 2.22. The van der Waals surface area contributed by atoms with Crippen LogP contribution in [0.4, 0.5) is 11.4 Å². The lowest BCUT2D eigenvalue weighted by molar-refractivity contribution is -0.187. The number of nitrogens with two attached hydrogens (primary N) is 2. The van der Waals surface area contributed by atoms with E-state index in [-0.39, 0.29) is 5.91 Å². The summed E-state index contributed by atoms with van der Waals surface area (Å²) in [6.45, 7) is 2.78. The number of nitrogen functional groups attached to an aromatic ring is 1. The van der Waals surface area contributed by atoms with Gasteiger partial charge in [0.1, 0.15) is 12.4 Å². The lowest BCUT2D eigenvalue weighted by Gasteiger charge is -2.22. The molecule has 0 atom stereocenters. The third-order valence-corrected chi connectivity index (χ3v) is 4.20. The van der Waals surface area contributed by atoms with Crippen molar-refractivity contribution in [3.05, 3.63) is 65.2 Å². The molecular weight excluding hydrogens is 340 g/mol. The zero-order valence-corrected chi connectivity index (χ0v) is 15.4. The van der Waals surface area contributed by atoms with E-state index in [4.69, 9.17) is 16.3 Å². The Kier molecular flexibility index (Phi) is 5.88. The van der Waals surface area contributed by atoms with Gasteiger partial charge in [0.15, 0.2) is 0 Å². The molecule has 2 aromatic rings. The third-order valence-electron chi connectivity index (χ3n) is 4.20. The van der Waals surface area contributed by atoms with Gasteiger partial charge in [-0.1, -0.05) is 37.3 Å². The quantitative estimate of drug-likeness (QED) is 0.607. The smallest absolute Gasteiger partial charge is 0.273 e. The number of anilines is 1. The Morgan fingerprint density at radius 3 is 2.63 bits per heavy atom. The lowest BCUT2D eigenvalue weighted by atomic mass is 10.1. The summed E-state index contributed by atoms with van der Waals surface area (Å²) >= 11 is 0. The Morgan fingerprint density at radius 1 is 1.15 bits per heavy atom. The summed E-state index contributed by atoms with van der Waals surface area (Å²) in [6.07, 6.45) is 2.91. The largest absolute Gasteiger partial charge is 0.399 e. The Bertz CT molecular complexity index is 872. The predicted molar refractivity (Wildman–Crippen MR) is 108 cm³/mol. The number of rotatable bonds is 6. The van der Waals surface area contributed by atoms with Crippen LogP contribution in [0.3, 0.4) is 0 Å². The number of para-hydroxylation sites is 1. The molecule has 0 spiro atoms. The van der Waals surface area contributed by atoms with Crippen LogP contribution >= 0.6 is 0 Å². The summed E-state index contributed by atoms with van der Waals surface area (Å²) in [5.41, 5.74) is 15.6. The summed E-state index contributed by atoms with van der Waals surface area (Å²) in [5.74, 6) is 0.219. The molecule has 4 N–H and O–H groups in total. The maximum atomic E-state index is 13.1. The third kappa shape index (κ3) is 4.74. The molecule has 6 heteroatoms. The van der Waals surface area contributed by atoms with Crippen molar-refractivity contribution < 1.29 is 9.63 Å². The van der Waals surface area contributed by atoms with E-state index in [9.17, 15) is 4.79 Å². The molecule has 0 fully saturated rings. The molecule has 0 unspecified atom stereocenters. The van der Waals surface area contributed by atoms with Crippen molar-refractivity contribution >= 4 is 29.2 Å². The van der Waals surface area contributed by atoms with Gasteiger partial charge in [0.2, 0.25) is 0 Å². The summed E-state index contributed by atoms with van der Waals surface area (Å²) in [7, 11) is 0. The first-order valence-electron chi connectivity index (χ1n) is 8.98. The number of benzene rings is 2. The van der Waals surface area contributed by atoms with Gasteiger partial charge in [-0.3, -0.25) is 9.63 Å². The zero-order valence-electron chi connectivity index (χ0n) is 15.4. The van der Waals surface area contributed by atoms with Crippen LogP contribution in [0.25, 0.3) is 6.08 Å². The molecule has 0 saturated carbocycles. The van der Waals surface area contributed by atoms with Gasteiger partial charge in [-0.05, 0) is 36.3 Å². The fourth-order valence-electron chi connectivity index (χ4n) is 2.83. The molecule has 0 saturated heterocycles. The molecule has 1 aliphatic rings. The van der Waals surface area contributed by atoms with Gasteiger partial charge in [-0.2, -0.15) is 0 Å². The van der Waals surface area contributed by atoms with Gasteiger partial charge < -0.3 is 11.5 Å². The first-order valence-corrected chi connectivity index (χ1v) is 8.98. The minimum absolute atomic E-state index is 0.192. The Balaban J connectivity index is 1.79. The SMILES string of the molecule is CCCN(OCc1ccc(N)cc1)C(=O)C1=Cc2ccccc2N=C(N)C1. The molecule has 27 heavy (non-hydrogen) atoms. The van der Waals surface area contributed by atoms with Gasteiger partial charge in [0.05, 0.1) is 5.69 Å². The molecule has 2 aromatic carbocycles. The number of aliphatic imine (C=N–C) groups is 1. The topological polar surface area (TPSA) is 93.9 Å². The summed E-state index contributed by atoms with van der Waals surface area (Å²) < 4.78 is 0. The number of amidine groups is 1. The molecule has 1 heterocycles. The van der Waals surface area contributed by atoms with Crippen molar-refractivity contribution in [2.24, 2.45) is 10.7 Å². The first-order chi connectivity index (χ1) is 13.1. The van der Waals surface area contributed by atoms with Crippen LogP contribution in [-0.4, -0.2) is 23.4 Å². The molecular formula is C21H24N4O2. The second kappa shape index (κ2) is 8.51. The molecule has 1 aliphatic heterocycles. The van der Waals surface area contributed by atoms with Gasteiger partial charge in [-0.15, -0.1) is 0 Å². The van der Waals surface area contributed by atoms with E-state index < -0.39 is 0 Å². The fraction of sp³-hybridized carbons (Fsp3) is 0.238. The highest BCUT2D eigenvalue weighted by atomic mass is 16.7. The van der Waals surface area contributed by atoms with Crippen molar-refractivity contribution in [3.8, 4) is 0 Å². The number of carbonyl (C=O) groups excluding carboxylic acids is 1. The number of amides is 1. The van der Waals surface area contributed by atoms with Crippen molar-refractivity contribution in [3.63, 3.8) is 0 Å². The first kappa shape index (κ1) is 18.7. The molecule has 1 amide bonds. The van der Waals surface area contributed by atoms with Crippen LogP contribution in [0, 0.1) is 0 Å². The van der Waals surface area contributed by atoms with Crippen LogP contribution in [0.2, 0.25) is 0 Å². The minimum atomic E-state index is -0.192. The monoisotopic (exact) mass is 364 g/mol. The second-order valence-corrected chi connectivity index (χ2v) is 6.43. The number of hydrogen-bond acceptors (Lipinski definition) is 5. The molecule has 140 valence electrons. The molecule has 0 radical (unpaired) electrons. The second-order valence-electron chi connectivity index (χ2n) is 6.43. The van der Waals surface area contributed by atoms with E-state index in [1.165, 1.54) is 5.06 Å². The standard InChI is InChI=1S/C21H24N4O2/c1-2-11-25(27-14-15-7-9-18(22)10-8-15)21(26)17-12-16-5-3-4-6-19(16)24-20(23)13-17/h3-10,12H,2,11,13-14,22H2,1H3,(H2,23,24). The van der Waals surface area contributed by atoms with Crippen molar-refractivity contribution in [2.75, 3.05) is 12.3 Å². The van der Waals surface area contributed by atoms with Gasteiger partial charge in [-0.25, -0.2) is 10.1 Å². The van der Waals surface area contributed by atoms with E-state index in [0.29, 0.717) is 36.7 Å². The highest BCUT2D eigenvalue weighted by molar-refractivity contribution is 6.05. The zero-order chi connectivity index (χ0) is 19.2. The van der Waals surface area contributed by atoms with Crippen molar-refractivity contribution in [2.45, 2.75) is 26.4 Å². The number of hydroxylamine groups is 2. The summed E-state index contributed by atoms with van der Waals surface area (Å²) in [6, 6.07) is 15.0. The summed E-state index contributed by atoms with van der Waals surface area (Å²) in [4.78, 5) is 23.3. The Labute approximate surface area is 159 Å². The molecule has 0 aliphatic carbocycles. The molecule has 0 aromatic heterocycles. The van der Waals surface area contributed by atoms with Crippen LogP contribution in [-0.2, 0) is 16.2 Å². The van der Waals surface area contributed by atoms with Gasteiger partial charge in [0.25, 0.3) is 5.91 Å². The number of nitrogens with zero attached hydrogens (tertiary/aromatic N) is 2. The Hall–Kier alpha value is -3.12. The van der Waals surface area contributed by atoms with Crippen LogP contribution in [0.5, 0.6) is 0 Å². The predicted octanol–water partition coefficient (Wildman–Crippen LogP) is 3.42. The van der Waals surface area contributed by atoms with E-state index in [2.05, 4.69) is 4.99 Å². The molecule has 3 rings (SSSR count). The van der Waals surface area contributed by atoms with E-state index >= 15 is 0 Å². The van der Waals surface area contributed by atoms with Crippen molar-refractivity contribution in [1.29, 1.82) is 0 Å². The molecule has 0 bridgehead atoms.